The van der Waals surface area contributed by atoms with E-state index in [9.17, 15) is 4.79 Å². The summed E-state index contributed by atoms with van der Waals surface area (Å²) in [6.45, 7) is 0.660. The van der Waals surface area contributed by atoms with E-state index in [1.165, 1.54) is 15.8 Å². The van der Waals surface area contributed by atoms with E-state index in [0.29, 0.717) is 6.54 Å². The zero-order valence-electron chi connectivity index (χ0n) is 10.2. The average molecular weight is 231 g/mol. The molecule has 2 aromatic rings. The summed E-state index contributed by atoms with van der Waals surface area (Å²) in [6.07, 6.45) is 2.78. The van der Waals surface area contributed by atoms with E-state index in [2.05, 4.69) is 34.6 Å². The number of carbonyl (C=O) groups excluding carboxylic acids is 1. The molecule has 0 fully saturated rings. The number of urea groups is 1. The predicted octanol–water partition coefficient (Wildman–Crippen LogP) is 1.98. The molecule has 0 unspecified atom stereocenters. The van der Waals surface area contributed by atoms with Crippen LogP contribution in [-0.2, 0) is 6.42 Å². The van der Waals surface area contributed by atoms with Gasteiger partial charge in [-0.25, -0.2) is 4.79 Å². The summed E-state index contributed by atoms with van der Waals surface area (Å²) in [5.41, 5.74) is 2.38. The lowest BCUT2D eigenvalue weighted by Gasteiger charge is -2.11. The van der Waals surface area contributed by atoms with Crippen LogP contribution in [0.25, 0.3) is 10.9 Å². The van der Waals surface area contributed by atoms with Crippen LogP contribution in [0.1, 0.15) is 5.56 Å². The van der Waals surface area contributed by atoms with Crippen molar-refractivity contribution in [3.05, 3.63) is 36.0 Å². The highest BCUT2D eigenvalue weighted by molar-refractivity contribution is 5.80. The fourth-order valence-corrected chi connectivity index (χ4v) is 1.73. The molecule has 0 saturated carbocycles. The predicted molar refractivity (Wildman–Crippen MR) is 69.1 cm³/mol. The number of nitrogens with one attached hydrogen (secondary N) is 2. The molecule has 1 aromatic heterocycles. The average Bonchev–Trinajstić information content (AvgIpc) is 2.75. The van der Waals surface area contributed by atoms with E-state index in [0.717, 1.165) is 11.9 Å². The lowest BCUT2D eigenvalue weighted by Crippen LogP contribution is -2.35. The van der Waals surface area contributed by atoms with Crippen molar-refractivity contribution in [1.29, 1.82) is 0 Å². The Kier molecular flexibility index (Phi) is 3.32. The number of aromatic amines is 1. The van der Waals surface area contributed by atoms with Gasteiger partial charge in [0, 0.05) is 32.4 Å². The minimum Gasteiger partial charge on any atom is -0.361 e. The van der Waals surface area contributed by atoms with Crippen LogP contribution in [-0.4, -0.2) is 36.6 Å². The first-order valence-corrected chi connectivity index (χ1v) is 5.68. The highest BCUT2D eigenvalue weighted by atomic mass is 16.2. The molecule has 2 rings (SSSR count). The van der Waals surface area contributed by atoms with E-state index >= 15 is 0 Å². The number of amides is 2. The second kappa shape index (κ2) is 4.91. The van der Waals surface area contributed by atoms with Crippen molar-refractivity contribution in [2.24, 2.45) is 0 Å². The normalized spacial score (nSPS) is 10.5. The van der Waals surface area contributed by atoms with Crippen molar-refractivity contribution in [2.45, 2.75) is 6.42 Å². The number of aromatic nitrogens is 1. The molecule has 1 heterocycles. The largest absolute Gasteiger partial charge is 0.361 e. The maximum Gasteiger partial charge on any atom is 0.316 e. The highest BCUT2D eigenvalue weighted by Crippen LogP contribution is 2.14. The highest BCUT2D eigenvalue weighted by Gasteiger charge is 2.02. The quantitative estimate of drug-likeness (QED) is 0.833. The molecule has 2 amide bonds. The maximum absolute atomic E-state index is 11.3. The third-order valence-corrected chi connectivity index (χ3v) is 2.71. The third-order valence-electron chi connectivity index (χ3n) is 2.71. The summed E-state index contributed by atoms with van der Waals surface area (Å²) in [5.74, 6) is 0. The molecule has 0 radical (unpaired) electrons. The van der Waals surface area contributed by atoms with Crippen molar-refractivity contribution in [2.75, 3.05) is 20.6 Å². The van der Waals surface area contributed by atoms with Crippen LogP contribution in [0.2, 0.25) is 0 Å². The molecule has 0 aliphatic carbocycles. The van der Waals surface area contributed by atoms with Gasteiger partial charge < -0.3 is 15.2 Å². The van der Waals surface area contributed by atoms with Gasteiger partial charge in [0.05, 0.1) is 0 Å². The molecule has 0 atom stereocenters. The van der Waals surface area contributed by atoms with Gasteiger partial charge in [-0.2, -0.15) is 0 Å². The van der Waals surface area contributed by atoms with Crippen molar-refractivity contribution >= 4 is 16.9 Å². The zero-order valence-corrected chi connectivity index (χ0v) is 10.2. The Morgan fingerprint density at radius 2 is 2.18 bits per heavy atom. The maximum atomic E-state index is 11.3. The summed E-state index contributed by atoms with van der Waals surface area (Å²) in [7, 11) is 3.47. The molecule has 0 aliphatic heterocycles. The number of nitrogens with zero attached hydrogens (tertiary/aromatic N) is 1. The van der Waals surface area contributed by atoms with Crippen LogP contribution < -0.4 is 5.32 Å². The van der Waals surface area contributed by atoms with Crippen LogP contribution in [0, 0.1) is 0 Å². The Labute approximate surface area is 101 Å². The number of benzene rings is 1. The Morgan fingerprint density at radius 3 is 2.94 bits per heavy atom. The van der Waals surface area contributed by atoms with Gasteiger partial charge in [-0.05, 0) is 35.6 Å². The number of H-pyrrole nitrogens is 1. The molecule has 0 aliphatic rings. The minimum absolute atomic E-state index is 0.0484. The SMILES string of the molecule is CN(C)C(=O)NCCc1ccc2[nH]ccc2c1. The van der Waals surface area contributed by atoms with Crippen LogP contribution in [0.5, 0.6) is 0 Å². The van der Waals surface area contributed by atoms with Gasteiger partial charge in [0.25, 0.3) is 0 Å². The van der Waals surface area contributed by atoms with Gasteiger partial charge in [0.15, 0.2) is 0 Å². The molecule has 0 bridgehead atoms. The fourth-order valence-electron chi connectivity index (χ4n) is 1.73. The summed E-state index contributed by atoms with van der Waals surface area (Å²) >= 11 is 0. The van der Waals surface area contributed by atoms with Gasteiger partial charge >= 0.3 is 6.03 Å². The van der Waals surface area contributed by atoms with E-state index in [1.807, 2.05) is 6.20 Å². The minimum atomic E-state index is -0.0484. The van der Waals surface area contributed by atoms with E-state index in [-0.39, 0.29) is 6.03 Å². The third kappa shape index (κ3) is 2.78. The Morgan fingerprint density at radius 1 is 1.35 bits per heavy atom. The first-order valence-electron chi connectivity index (χ1n) is 5.68. The first kappa shape index (κ1) is 11.5. The second-order valence-corrected chi connectivity index (χ2v) is 4.28. The monoisotopic (exact) mass is 231 g/mol. The Bertz CT molecular complexity index is 516. The van der Waals surface area contributed by atoms with E-state index in [4.69, 9.17) is 0 Å². The van der Waals surface area contributed by atoms with Gasteiger partial charge in [-0.1, -0.05) is 6.07 Å². The summed E-state index contributed by atoms with van der Waals surface area (Å²) in [5, 5.41) is 4.06. The van der Waals surface area contributed by atoms with Gasteiger partial charge in [0.1, 0.15) is 0 Å². The number of fused-ring (bicyclic) bond motifs is 1. The Balaban J connectivity index is 1.92. The van der Waals surface area contributed by atoms with Gasteiger partial charge in [-0.15, -0.1) is 0 Å². The van der Waals surface area contributed by atoms with E-state index in [1.54, 1.807) is 14.1 Å². The zero-order chi connectivity index (χ0) is 12.3. The number of carbonyl (C=O) groups is 1. The lowest BCUT2D eigenvalue weighted by atomic mass is 10.1. The van der Waals surface area contributed by atoms with Crippen molar-refractivity contribution in [1.82, 2.24) is 15.2 Å². The van der Waals surface area contributed by atoms with Crippen molar-refractivity contribution in [3.63, 3.8) is 0 Å². The van der Waals surface area contributed by atoms with Gasteiger partial charge in [0.2, 0.25) is 0 Å². The molecule has 17 heavy (non-hydrogen) atoms. The smallest absolute Gasteiger partial charge is 0.316 e. The number of hydrogen-bond acceptors (Lipinski definition) is 1. The van der Waals surface area contributed by atoms with Crippen LogP contribution in [0.4, 0.5) is 4.79 Å². The topological polar surface area (TPSA) is 48.1 Å². The standard InChI is InChI=1S/C13H17N3O/c1-16(2)13(17)15-7-5-10-3-4-12-11(9-10)6-8-14-12/h3-4,6,8-9,14H,5,7H2,1-2H3,(H,15,17). The summed E-state index contributed by atoms with van der Waals surface area (Å²) < 4.78 is 0. The van der Waals surface area contributed by atoms with Crippen LogP contribution in [0.15, 0.2) is 30.5 Å². The molecule has 4 nitrogen and oxygen atoms in total. The fraction of sp³-hybridized carbons (Fsp3) is 0.308. The molecule has 0 saturated heterocycles. The molecule has 1 aromatic carbocycles. The molecule has 0 spiro atoms. The summed E-state index contributed by atoms with van der Waals surface area (Å²) in [6, 6.07) is 8.30. The first-order chi connectivity index (χ1) is 8.16. The number of rotatable bonds is 3. The van der Waals surface area contributed by atoms with E-state index < -0.39 is 0 Å². The van der Waals surface area contributed by atoms with Crippen molar-refractivity contribution < 1.29 is 4.79 Å². The van der Waals surface area contributed by atoms with Crippen molar-refractivity contribution in [3.8, 4) is 0 Å². The van der Waals surface area contributed by atoms with Crippen LogP contribution >= 0.6 is 0 Å². The molecule has 2 N–H and O–H groups in total. The lowest BCUT2D eigenvalue weighted by molar-refractivity contribution is 0.217. The number of hydrogen-bond donors (Lipinski definition) is 2. The summed E-state index contributed by atoms with van der Waals surface area (Å²) in [4.78, 5) is 16.0. The second-order valence-electron chi connectivity index (χ2n) is 4.28. The molecule has 90 valence electrons. The van der Waals surface area contributed by atoms with Gasteiger partial charge in [-0.3, -0.25) is 0 Å². The van der Waals surface area contributed by atoms with Crippen LogP contribution in [0.3, 0.4) is 0 Å². The molecular weight excluding hydrogens is 214 g/mol. The molecular formula is C13H17N3O. The Hall–Kier alpha value is -1.97. The molecule has 4 heteroatoms.